The average molecular weight is 503 g/mol. The molecular formula is C29H30N2O6. The van der Waals surface area contributed by atoms with Crippen molar-refractivity contribution in [3.8, 4) is 17.2 Å². The number of aliphatic hydroxyl groups excluding tert-OH is 1. The molecule has 1 atom stereocenters. The summed E-state index contributed by atoms with van der Waals surface area (Å²) in [6.07, 6.45) is 0. The van der Waals surface area contributed by atoms with Crippen LogP contribution in [0.15, 0.2) is 72.3 Å². The fraction of sp³-hybridized carbons (Fsp3) is 0.241. The van der Waals surface area contributed by atoms with Gasteiger partial charge in [0.15, 0.2) is 11.5 Å². The van der Waals surface area contributed by atoms with Crippen molar-refractivity contribution in [2.45, 2.75) is 12.6 Å². The zero-order valence-corrected chi connectivity index (χ0v) is 21.5. The van der Waals surface area contributed by atoms with E-state index in [2.05, 4.69) is 0 Å². The Hall–Kier alpha value is -4.46. The number of hydrogen-bond donors (Lipinski definition) is 1. The second kappa shape index (κ2) is 10.7. The van der Waals surface area contributed by atoms with Gasteiger partial charge in [-0.25, -0.2) is 0 Å². The highest BCUT2D eigenvalue weighted by Gasteiger charge is 2.46. The summed E-state index contributed by atoms with van der Waals surface area (Å²) in [6.45, 7) is 0.122. The van der Waals surface area contributed by atoms with Crippen molar-refractivity contribution in [1.29, 1.82) is 0 Å². The van der Waals surface area contributed by atoms with E-state index in [0.29, 0.717) is 28.4 Å². The zero-order valence-electron chi connectivity index (χ0n) is 21.5. The standard InChI is InChI=1S/C29H30N2O6/c1-30(2)21-13-10-18(11-14-21)26-25(27(32)19-12-15-23(36-4)24(16-19)37-5)28(33)29(34)31(26)17-20-8-6-7-9-22(20)35-3/h6-16,26,32H,17H2,1-5H3/b27-25-. The van der Waals surface area contributed by atoms with Crippen LogP contribution < -0.4 is 19.1 Å². The first-order chi connectivity index (χ1) is 17.8. The molecule has 4 rings (SSSR count). The van der Waals surface area contributed by atoms with E-state index in [1.54, 1.807) is 31.4 Å². The normalized spacial score (nSPS) is 16.6. The van der Waals surface area contributed by atoms with Crippen LogP contribution in [0.25, 0.3) is 5.76 Å². The number of benzene rings is 3. The molecule has 0 saturated carbocycles. The maximum absolute atomic E-state index is 13.4. The first-order valence-electron chi connectivity index (χ1n) is 11.7. The molecule has 0 aromatic heterocycles. The quantitative estimate of drug-likeness (QED) is 0.277. The molecule has 1 amide bonds. The van der Waals surface area contributed by atoms with Crippen molar-refractivity contribution in [3.63, 3.8) is 0 Å². The van der Waals surface area contributed by atoms with Gasteiger partial charge in [0.25, 0.3) is 11.7 Å². The highest BCUT2D eigenvalue weighted by molar-refractivity contribution is 6.46. The topological polar surface area (TPSA) is 88.5 Å². The molecule has 1 fully saturated rings. The van der Waals surface area contributed by atoms with E-state index in [1.807, 2.05) is 61.5 Å². The van der Waals surface area contributed by atoms with E-state index in [9.17, 15) is 14.7 Å². The van der Waals surface area contributed by atoms with Crippen molar-refractivity contribution in [1.82, 2.24) is 4.90 Å². The van der Waals surface area contributed by atoms with Crippen LogP contribution in [0.5, 0.6) is 17.2 Å². The first kappa shape index (κ1) is 25.6. The summed E-state index contributed by atoms with van der Waals surface area (Å²) in [4.78, 5) is 30.2. The molecule has 192 valence electrons. The number of Topliss-reactive ketones (excluding diaryl/α,β-unsaturated/α-hetero) is 1. The van der Waals surface area contributed by atoms with E-state index in [1.165, 1.54) is 19.1 Å². The number of methoxy groups -OCH3 is 3. The molecule has 0 spiro atoms. The van der Waals surface area contributed by atoms with Crippen LogP contribution in [0.1, 0.15) is 22.7 Å². The van der Waals surface area contributed by atoms with E-state index < -0.39 is 17.7 Å². The number of carbonyl (C=O) groups excluding carboxylic acids is 2. The van der Waals surface area contributed by atoms with Gasteiger partial charge in [0, 0.05) is 30.9 Å². The average Bonchev–Trinajstić information content (AvgIpc) is 3.17. The number of aliphatic hydroxyl groups is 1. The number of amides is 1. The minimum Gasteiger partial charge on any atom is -0.507 e. The zero-order chi connectivity index (χ0) is 26.7. The van der Waals surface area contributed by atoms with Crippen molar-refractivity contribution >= 4 is 23.1 Å². The molecule has 1 unspecified atom stereocenters. The molecule has 8 heteroatoms. The molecule has 37 heavy (non-hydrogen) atoms. The lowest BCUT2D eigenvalue weighted by atomic mass is 9.94. The minimum atomic E-state index is -0.811. The van der Waals surface area contributed by atoms with Crippen LogP contribution >= 0.6 is 0 Å². The molecule has 3 aromatic carbocycles. The Morgan fingerprint density at radius 1 is 0.865 bits per heavy atom. The highest BCUT2D eigenvalue weighted by atomic mass is 16.5. The second-order valence-corrected chi connectivity index (χ2v) is 8.79. The summed E-state index contributed by atoms with van der Waals surface area (Å²) in [5.41, 5.74) is 2.74. The van der Waals surface area contributed by atoms with Crippen molar-refractivity contribution < 1.29 is 28.9 Å². The predicted molar refractivity (Wildman–Crippen MR) is 141 cm³/mol. The molecule has 1 aliphatic rings. The Kier molecular flexibility index (Phi) is 7.38. The maximum Gasteiger partial charge on any atom is 0.295 e. The lowest BCUT2D eigenvalue weighted by Gasteiger charge is -2.26. The molecular weight excluding hydrogens is 472 g/mol. The van der Waals surface area contributed by atoms with Gasteiger partial charge in [-0.2, -0.15) is 0 Å². The summed E-state index contributed by atoms with van der Waals surface area (Å²) in [7, 11) is 8.42. The molecule has 0 radical (unpaired) electrons. The Bertz CT molecular complexity index is 1350. The lowest BCUT2D eigenvalue weighted by Crippen LogP contribution is -2.29. The van der Waals surface area contributed by atoms with Gasteiger partial charge in [-0.05, 0) is 42.0 Å². The Balaban J connectivity index is 1.88. The highest BCUT2D eigenvalue weighted by Crippen LogP contribution is 2.42. The summed E-state index contributed by atoms with van der Waals surface area (Å²) in [6, 6.07) is 18.9. The molecule has 8 nitrogen and oxygen atoms in total. The molecule has 1 aliphatic heterocycles. The summed E-state index contributed by atoms with van der Waals surface area (Å²) in [5, 5.41) is 11.4. The molecule has 0 aliphatic carbocycles. The van der Waals surface area contributed by atoms with Gasteiger partial charge >= 0.3 is 0 Å². The fourth-order valence-corrected chi connectivity index (χ4v) is 4.50. The number of hydrogen-bond acceptors (Lipinski definition) is 7. The Labute approximate surface area is 216 Å². The number of likely N-dealkylation sites (tertiary alicyclic amines) is 1. The number of carbonyl (C=O) groups is 2. The van der Waals surface area contributed by atoms with Gasteiger partial charge < -0.3 is 29.1 Å². The van der Waals surface area contributed by atoms with E-state index in [-0.39, 0.29) is 17.9 Å². The van der Waals surface area contributed by atoms with E-state index >= 15 is 0 Å². The van der Waals surface area contributed by atoms with Crippen LogP contribution in [0, 0.1) is 0 Å². The number of nitrogens with zero attached hydrogens (tertiary/aromatic N) is 2. The van der Waals surface area contributed by atoms with Crippen LogP contribution in [0.2, 0.25) is 0 Å². The van der Waals surface area contributed by atoms with Crippen LogP contribution in [0.4, 0.5) is 5.69 Å². The van der Waals surface area contributed by atoms with Crippen LogP contribution in [-0.4, -0.2) is 57.1 Å². The largest absolute Gasteiger partial charge is 0.507 e. The number of ether oxygens (including phenoxy) is 3. The monoisotopic (exact) mass is 502 g/mol. The van der Waals surface area contributed by atoms with Crippen LogP contribution in [0.3, 0.4) is 0 Å². The van der Waals surface area contributed by atoms with E-state index in [4.69, 9.17) is 14.2 Å². The SMILES string of the molecule is COc1ccccc1CN1C(=O)C(=O)/C(=C(\O)c2ccc(OC)c(OC)c2)C1c1ccc(N(C)C)cc1. The number of para-hydroxylation sites is 1. The number of rotatable bonds is 8. The molecule has 1 N–H and O–H groups in total. The third-order valence-corrected chi connectivity index (χ3v) is 6.46. The lowest BCUT2D eigenvalue weighted by molar-refractivity contribution is -0.140. The van der Waals surface area contributed by atoms with Gasteiger partial charge in [0.1, 0.15) is 11.5 Å². The van der Waals surface area contributed by atoms with Crippen molar-refractivity contribution in [2.24, 2.45) is 0 Å². The third kappa shape index (κ3) is 4.82. The number of ketones is 1. The minimum absolute atomic E-state index is 0.00437. The van der Waals surface area contributed by atoms with Crippen molar-refractivity contribution in [2.75, 3.05) is 40.3 Å². The first-order valence-corrected chi connectivity index (χ1v) is 11.7. The molecule has 1 saturated heterocycles. The maximum atomic E-state index is 13.4. The summed E-state index contributed by atoms with van der Waals surface area (Å²) >= 11 is 0. The van der Waals surface area contributed by atoms with Gasteiger partial charge in [-0.1, -0.05) is 30.3 Å². The van der Waals surface area contributed by atoms with Gasteiger partial charge in [0.05, 0.1) is 39.5 Å². The van der Waals surface area contributed by atoms with E-state index in [0.717, 1.165) is 11.3 Å². The molecule has 1 heterocycles. The summed E-state index contributed by atoms with van der Waals surface area (Å²) in [5.74, 6) is -0.277. The van der Waals surface area contributed by atoms with Crippen molar-refractivity contribution in [3.05, 3.63) is 89.0 Å². The number of anilines is 1. The van der Waals surface area contributed by atoms with Crippen LogP contribution in [-0.2, 0) is 16.1 Å². The smallest absolute Gasteiger partial charge is 0.295 e. The Morgan fingerprint density at radius 3 is 2.14 bits per heavy atom. The predicted octanol–water partition coefficient (Wildman–Crippen LogP) is 4.40. The third-order valence-electron chi connectivity index (χ3n) is 6.46. The fourth-order valence-electron chi connectivity index (χ4n) is 4.50. The Morgan fingerprint density at radius 2 is 1.51 bits per heavy atom. The van der Waals surface area contributed by atoms with Gasteiger partial charge in [0.2, 0.25) is 0 Å². The molecule has 3 aromatic rings. The second-order valence-electron chi connectivity index (χ2n) is 8.79. The van der Waals surface area contributed by atoms with Gasteiger partial charge in [-0.3, -0.25) is 9.59 Å². The van der Waals surface area contributed by atoms with Gasteiger partial charge in [-0.15, -0.1) is 0 Å². The molecule has 0 bridgehead atoms. The summed E-state index contributed by atoms with van der Waals surface area (Å²) < 4.78 is 16.1.